The second kappa shape index (κ2) is 10.0. The Morgan fingerprint density at radius 3 is 2.44 bits per heavy atom. The molecule has 0 radical (unpaired) electrons. The van der Waals surface area contributed by atoms with Crippen LogP contribution in [0.4, 0.5) is 10.7 Å². The number of amides is 2. The van der Waals surface area contributed by atoms with Gasteiger partial charge < -0.3 is 15.4 Å². The van der Waals surface area contributed by atoms with Crippen LogP contribution in [-0.2, 0) is 24.1 Å². The summed E-state index contributed by atoms with van der Waals surface area (Å²) in [6.45, 7) is 6.82. The van der Waals surface area contributed by atoms with Crippen LogP contribution in [0.25, 0.3) is 0 Å². The Morgan fingerprint density at radius 1 is 1.03 bits per heavy atom. The highest BCUT2D eigenvalue weighted by molar-refractivity contribution is 7.17. The van der Waals surface area contributed by atoms with Crippen molar-refractivity contribution in [3.05, 3.63) is 76.2 Å². The molecule has 1 atom stereocenters. The molecule has 1 aromatic heterocycles. The van der Waals surface area contributed by atoms with Crippen LogP contribution in [0, 0.1) is 11.3 Å². The van der Waals surface area contributed by atoms with Gasteiger partial charge in [-0.15, -0.1) is 11.3 Å². The Morgan fingerprint density at radius 2 is 1.74 bits per heavy atom. The molecule has 3 aromatic rings. The van der Waals surface area contributed by atoms with Gasteiger partial charge in [0.1, 0.15) is 10.8 Å². The zero-order valence-electron chi connectivity index (χ0n) is 20.2. The van der Waals surface area contributed by atoms with Gasteiger partial charge in [-0.1, -0.05) is 63.2 Å². The summed E-state index contributed by atoms with van der Waals surface area (Å²) in [4.78, 5) is 27.6. The number of carbonyl (C=O) groups is 2. The Hall–Kier alpha value is -3.12. The maximum Gasteiger partial charge on any atom is 0.259 e. The molecule has 1 aliphatic rings. The van der Waals surface area contributed by atoms with Gasteiger partial charge in [-0.3, -0.25) is 9.59 Å². The molecular weight excluding hydrogens is 444 g/mol. The smallest absolute Gasteiger partial charge is 0.259 e. The minimum absolute atomic E-state index is 0.122. The quantitative estimate of drug-likeness (QED) is 0.436. The van der Waals surface area contributed by atoms with Crippen LogP contribution >= 0.6 is 11.3 Å². The summed E-state index contributed by atoms with van der Waals surface area (Å²) in [6, 6.07) is 17.0. The Labute approximate surface area is 205 Å². The number of nitrogens with one attached hydrogen (secondary N) is 2. The molecule has 0 saturated heterocycles. The SMILES string of the molecule is COc1ccccc1NC(=O)c1c(NC(=O)Cc2ccccc2)sc2c1CCC(C(C)(C)C)C2. The van der Waals surface area contributed by atoms with Crippen molar-refractivity contribution in [3.8, 4) is 5.75 Å². The number of para-hydroxylation sites is 2. The third kappa shape index (κ3) is 5.33. The Kier molecular flexibility index (Phi) is 7.08. The van der Waals surface area contributed by atoms with E-state index in [1.165, 1.54) is 4.88 Å². The van der Waals surface area contributed by atoms with E-state index in [4.69, 9.17) is 4.74 Å². The number of anilines is 2. The number of hydrogen-bond donors (Lipinski definition) is 2. The van der Waals surface area contributed by atoms with Gasteiger partial charge in [-0.25, -0.2) is 0 Å². The maximum atomic E-state index is 13.5. The van der Waals surface area contributed by atoms with Gasteiger partial charge in [0, 0.05) is 4.88 Å². The molecule has 0 fully saturated rings. The highest BCUT2D eigenvalue weighted by Crippen LogP contribution is 2.44. The van der Waals surface area contributed by atoms with Gasteiger partial charge in [-0.2, -0.15) is 0 Å². The van der Waals surface area contributed by atoms with E-state index >= 15 is 0 Å². The maximum absolute atomic E-state index is 13.5. The molecule has 0 spiro atoms. The first-order valence-corrected chi connectivity index (χ1v) is 12.5. The first-order chi connectivity index (χ1) is 16.3. The fourth-order valence-electron chi connectivity index (χ4n) is 4.54. The Balaban J connectivity index is 1.65. The molecule has 2 aromatic carbocycles. The molecule has 2 amide bonds. The number of rotatable bonds is 6. The van der Waals surface area contributed by atoms with Crippen LogP contribution in [0.5, 0.6) is 5.75 Å². The molecule has 6 heteroatoms. The van der Waals surface area contributed by atoms with Crippen LogP contribution in [0.1, 0.15) is 53.6 Å². The molecule has 34 heavy (non-hydrogen) atoms. The minimum atomic E-state index is -0.216. The lowest BCUT2D eigenvalue weighted by Gasteiger charge is -2.33. The largest absolute Gasteiger partial charge is 0.495 e. The summed E-state index contributed by atoms with van der Waals surface area (Å²) in [7, 11) is 1.58. The lowest BCUT2D eigenvalue weighted by molar-refractivity contribution is -0.115. The first kappa shape index (κ1) is 24.0. The van der Waals surface area contributed by atoms with Crippen molar-refractivity contribution < 1.29 is 14.3 Å². The van der Waals surface area contributed by atoms with Gasteiger partial charge >= 0.3 is 0 Å². The van der Waals surface area contributed by atoms with Crippen LogP contribution in [0.15, 0.2) is 54.6 Å². The zero-order chi connectivity index (χ0) is 24.3. The molecule has 0 aliphatic heterocycles. The van der Waals surface area contributed by atoms with E-state index in [2.05, 4.69) is 31.4 Å². The Bertz CT molecular complexity index is 1180. The average Bonchev–Trinajstić information content (AvgIpc) is 3.16. The lowest BCUT2D eigenvalue weighted by atomic mass is 9.72. The second-order valence-electron chi connectivity index (χ2n) is 9.88. The van der Waals surface area contributed by atoms with E-state index in [1.807, 2.05) is 54.6 Å². The number of benzene rings is 2. The molecular formula is C28H32N2O3S. The van der Waals surface area contributed by atoms with Gasteiger partial charge in [0.25, 0.3) is 5.91 Å². The second-order valence-corrected chi connectivity index (χ2v) is 11.0. The summed E-state index contributed by atoms with van der Waals surface area (Å²) in [6.07, 6.45) is 3.05. The molecule has 1 heterocycles. The molecule has 1 unspecified atom stereocenters. The molecule has 2 N–H and O–H groups in total. The van der Waals surface area contributed by atoms with Crippen LogP contribution in [0.3, 0.4) is 0 Å². The van der Waals surface area contributed by atoms with Crippen molar-refractivity contribution in [2.75, 3.05) is 17.7 Å². The topological polar surface area (TPSA) is 67.4 Å². The van der Waals surface area contributed by atoms with E-state index in [1.54, 1.807) is 18.4 Å². The first-order valence-electron chi connectivity index (χ1n) is 11.7. The van der Waals surface area contributed by atoms with E-state index < -0.39 is 0 Å². The fraction of sp³-hybridized carbons (Fsp3) is 0.357. The average molecular weight is 477 g/mol. The van der Waals surface area contributed by atoms with Crippen LogP contribution in [-0.4, -0.2) is 18.9 Å². The monoisotopic (exact) mass is 476 g/mol. The summed E-state index contributed by atoms with van der Waals surface area (Å²) >= 11 is 1.55. The highest BCUT2D eigenvalue weighted by atomic mass is 32.1. The normalized spacial score (nSPS) is 15.4. The zero-order valence-corrected chi connectivity index (χ0v) is 21.1. The van der Waals surface area contributed by atoms with Crippen LogP contribution in [0.2, 0.25) is 0 Å². The third-order valence-corrected chi connectivity index (χ3v) is 7.70. The number of thiophene rings is 1. The predicted octanol–water partition coefficient (Wildman–Crippen LogP) is 6.34. The third-order valence-electron chi connectivity index (χ3n) is 6.53. The van der Waals surface area contributed by atoms with Crippen molar-refractivity contribution in [1.29, 1.82) is 0 Å². The van der Waals surface area contributed by atoms with Crippen molar-refractivity contribution in [2.45, 2.75) is 46.5 Å². The number of carbonyl (C=O) groups excluding carboxylic acids is 2. The summed E-state index contributed by atoms with van der Waals surface area (Å²) in [5.74, 6) is 0.800. The molecule has 0 saturated carbocycles. The van der Waals surface area contributed by atoms with Gasteiger partial charge in [0.2, 0.25) is 5.91 Å². The number of fused-ring (bicyclic) bond motifs is 1. The van der Waals surface area contributed by atoms with Crippen LogP contribution < -0.4 is 15.4 Å². The summed E-state index contributed by atoms with van der Waals surface area (Å²) in [5, 5.41) is 6.70. The van der Waals surface area contributed by atoms with Crippen molar-refractivity contribution >= 4 is 33.8 Å². The molecule has 178 valence electrons. The molecule has 1 aliphatic carbocycles. The van der Waals surface area contributed by atoms with E-state index in [0.29, 0.717) is 27.9 Å². The van der Waals surface area contributed by atoms with E-state index in [-0.39, 0.29) is 23.7 Å². The van der Waals surface area contributed by atoms with Crippen molar-refractivity contribution in [1.82, 2.24) is 0 Å². The molecule has 0 bridgehead atoms. The van der Waals surface area contributed by atoms with E-state index in [9.17, 15) is 9.59 Å². The fourth-order valence-corrected chi connectivity index (χ4v) is 5.88. The number of ether oxygens (including phenoxy) is 1. The predicted molar refractivity (Wildman–Crippen MR) is 139 cm³/mol. The molecule has 4 rings (SSSR count). The minimum Gasteiger partial charge on any atom is -0.495 e. The van der Waals surface area contributed by atoms with E-state index in [0.717, 1.165) is 30.4 Å². The van der Waals surface area contributed by atoms with Gasteiger partial charge in [-0.05, 0) is 53.9 Å². The standard InChI is InChI=1S/C28H32N2O3S/c1-28(2,3)19-14-15-20-23(17-19)34-27(30-24(31)16-18-10-6-5-7-11-18)25(20)26(32)29-21-12-8-9-13-22(21)33-4/h5-13,19H,14-17H2,1-4H3,(H,29,32)(H,30,31). The summed E-state index contributed by atoms with van der Waals surface area (Å²) < 4.78 is 5.41. The van der Waals surface area contributed by atoms with Crippen molar-refractivity contribution in [2.24, 2.45) is 11.3 Å². The number of hydrogen-bond acceptors (Lipinski definition) is 4. The van der Waals surface area contributed by atoms with Gasteiger partial charge in [0.15, 0.2) is 0 Å². The lowest BCUT2D eigenvalue weighted by Crippen LogP contribution is -2.27. The van der Waals surface area contributed by atoms with Gasteiger partial charge in [0.05, 0.1) is 24.8 Å². The molecule has 5 nitrogen and oxygen atoms in total. The summed E-state index contributed by atoms with van der Waals surface area (Å²) in [5.41, 5.74) is 3.39. The number of methoxy groups -OCH3 is 1. The highest BCUT2D eigenvalue weighted by Gasteiger charge is 2.34. The van der Waals surface area contributed by atoms with Crippen molar-refractivity contribution in [3.63, 3.8) is 0 Å².